The van der Waals surface area contributed by atoms with Crippen molar-refractivity contribution in [1.29, 1.82) is 0 Å². The highest BCUT2D eigenvalue weighted by molar-refractivity contribution is 7.91. The molecule has 7 nitrogen and oxygen atoms in total. The molecule has 1 aliphatic heterocycles. The second-order valence-corrected chi connectivity index (χ2v) is 10.7. The number of nitrogens with one attached hydrogen (secondary N) is 2. The van der Waals surface area contributed by atoms with Crippen LogP contribution in [0.25, 0.3) is 0 Å². The van der Waals surface area contributed by atoms with E-state index in [-0.39, 0.29) is 23.6 Å². The zero-order valence-corrected chi connectivity index (χ0v) is 19.3. The monoisotopic (exact) mass is 463 g/mol. The Balaban J connectivity index is 1.36. The van der Waals surface area contributed by atoms with Crippen molar-refractivity contribution in [3.8, 4) is 0 Å². The van der Waals surface area contributed by atoms with Gasteiger partial charge in [-0.25, -0.2) is 8.42 Å². The van der Waals surface area contributed by atoms with Crippen molar-refractivity contribution in [2.45, 2.75) is 43.5 Å². The Kier molecular flexibility index (Phi) is 8.09. The largest absolute Gasteiger partial charge is 0.371 e. The number of anilines is 1. The first-order chi connectivity index (χ1) is 14.9. The summed E-state index contributed by atoms with van der Waals surface area (Å²) in [5, 5.41) is 9.58. The van der Waals surface area contributed by atoms with E-state index in [1.807, 2.05) is 17.5 Å². The molecule has 2 heterocycles. The molecule has 31 heavy (non-hydrogen) atoms. The summed E-state index contributed by atoms with van der Waals surface area (Å²) in [6.45, 7) is 3.73. The minimum atomic E-state index is -3.18. The van der Waals surface area contributed by atoms with Crippen LogP contribution in [0.2, 0.25) is 0 Å². The van der Waals surface area contributed by atoms with Crippen LogP contribution in [0.1, 0.15) is 43.0 Å². The zero-order chi connectivity index (χ0) is 22.3. The van der Waals surface area contributed by atoms with E-state index in [4.69, 9.17) is 0 Å². The third-order valence-electron chi connectivity index (χ3n) is 5.45. The molecule has 0 saturated carbocycles. The second-order valence-electron chi connectivity index (χ2n) is 7.60. The Morgan fingerprint density at radius 2 is 1.84 bits per heavy atom. The van der Waals surface area contributed by atoms with Gasteiger partial charge in [-0.15, -0.1) is 0 Å². The number of hydrogen-bond donors (Lipinski definition) is 2. The van der Waals surface area contributed by atoms with Crippen molar-refractivity contribution in [2.24, 2.45) is 0 Å². The first-order valence-corrected chi connectivity index (χ1v) is 13.2. The molecular weight excluding hydrogens is 434 g/mol. The van der Waals surface area contributed by atoms with E-state index in [1.54, 1.807) is 30.5 Å². The van der Waals surface area contributed by atoms with Crippen molar-refractivity contribution in [3.63, 3.8) is 0 Å². The predicted molar refractivity (Wildman–Crippen MR) is 123 cm³/mol. The Bertz CT molecular complexity index is 965. The Morgan fingerprint density at radius 3 is 2.45 bits per heavy atom. The number of nitrogens with zero attached hydrogens (tertiary/aromatic N) is 1. The molecule has 2 aromatic rings. The van der Waals surface area contributed by atoms with Crippen LogP contribution in [0, 0.1) is 0 Å². The van der Waals surface area contributed by atoms with Crippen LogP contribution in [0.15, 0.2) is 46.0 Å². The molecule has 0 radical (unpaired) electrons. The van der Waals surface area contributed by atoms with E-state index in [0.717, 1.165) is 31.6 Å². The number of amides is 2. The highest BCUT2D eigenvalue weighted by atomic mass is 32.2. The van der Waals surface area contributed by atoms with Gasteiger partial charge in [-0.05, 0) is 55.0 Å². The van der Waals surface area contributed by atoms with Crippen LogP contribution in [0.3, 0.4) is 0 Å². The molecule has 0 unspecified atom stereocenters. The SMILES string of the molecule is CCS(=O)(=O)c1ccc(N2CCC(NC(=O)CCCNC(=O)c3ccsc3)CC2)cc1. The standard InChI is InChI=1S/C22H29N3O4S2/c1-2-31(28,29)20-7-5-19(6-8-20)25-13-9-18(10-14-25)24-21(26)4-3-12-23-22(27)17-11-15-30-16-17/h5-8,11,15-16,18H,2-4,9-10,12-14H2,1H3,(H,23,27)(H,24,26). The second kappa shape index (κ2) is 10.8. The summed E-state index contributed by atoms with van der Waals surface area (Å²) in [6.07, 6.45) is 2.68. The van der Waals surface area contributed by atoms with Crippen LogP contribution in [0.4, 0.5) is 5.69 Å². The van der Waals surface area contributed by atoms with Gasteiger partial charge in [0.2, 0.25) is 5.91 Å². The highest BCUT2D eigenvalue weighted by Crippen LogP contribution is 2.22. The van der Waals surface area contributed by atoms with Crippen molar-refractivity contribution in [3.05, 3.63) is 46.7 Å². The minimum Gasteiger partial charge on any atom is -0.371 e. The van der Waals surface area contributed by atoms with Gasteiger partial charge in [-0.2, -0.15) is 11.3 Å². The van der Waals surface area contributed by atoms with Gasteiger partial charge in [0.15, 0.2) is 9.84 Å². The molecule has 3 rings (SSSR count). The van der Waals surface area contributed by atoms with Crippen molar-refractivity contribution in [2.75, 3.05) is 30.3 Å². The molecule has 9 heteroatoms. The van der Waals surface area contributed by atoms with Gasteiger partial charge in [0.05, 0.1) is 10.6 Å². The molecule has 168 valence electrons. The Hall–Kier alpha value is -2.39. The molecule has 1 aliphatic rings. The number of piperidine rings is 1. The smallest absolute Gasteiger partial charge is 0.252 e. The molecule has 1 fully saturated rings. The number of sulfone groups is 1. The van der Waals surface area contributed by atoms with Gasteiger partial charge < -0.3 is 15.5 Å². The molecule has 2 N–H and O–H groups in total. The number of thiophene rings is 1. The lowest BCUT2D eigenvalue weighted by atomic mass is 10.0. The zero-order valence-electron chi connectivity index (χ0n) is 17.7. The van der Waals surface area contributed by atoms with E-state index >= 15 is 0 Å². The van der Waals surface area contributed by atoms with Gasteiger partial charge >= 0.3 is 0 Å². The first kappa shape index (κ1) is 23.3. The minimum absolute atomic E-state index is 0.0114. The maximum Gasteiger partial charge on any atom is 0.252 e. The summed E-state index contributed by atoms with van der Waals surface area (Å²) >= 11 is 1.48. The van der Waals surface area contributed by atoms with Crippen LogP contribution in [-0.2, 0) is 14.6 Å². The molecule has 0 aliphatic carbocycles. The maximum absolute atomic E-state index is 12.2. The average Bonchev–Trinajstić information content (AvgIpc) is 3.32. The maximum atomic E-state index is 12.2. The van der Waals surface area contributed by atoms with E-state index in [1.165, 1.54) is 11.3 Å². The molecule has 1 aromatic heterocycles. The quantitative estimate of drug-likeness (QED) is 0.558. The third kappa shape index (κ3) is 6.54. The summed E-state index contributed by atoms with van der Waals surface area (Å²) < 4.78 is 23.9. The average molecular weight is 464 g/mol. The number of hydrogen-bond acceptors (Lipinski definition) is 6. The molecule has 0 atom stereocenters. The Morgan fingerprint density at radius 1 is 1.13 bits per heavy atom. The van der Waals surface area contributed by atoms with Crippen LogP contribution in [0.5, 0.6) is 0 Å². The van der Waals surface area contributed by atoms with E-state index in [2.05, 4.69) is 15.5 Å². The molecule has 0 spiro atoms. The fraction of sp³-hybridized carbons (Fsp3) is 0.455. The normalized spacial score (nSPS) is 14.9. The van der Waals surface area contributed by atoms with Gasteiger partial charge in [-0.3, -0.25) is 9.59 Å². The number of rotatable bonds is 9. The van der Waals surface area contributed by atoms with Crippen LogP contribution >= 0.6 is 11.3 Å². The lowest BCUT2D eigenvalue weighted by Gasteiger charge is -2.34. The topological polar surface area (TPSA) is 95.6 Å². The molecule has 1 aromatic carbocycles. The first-order valence-electron chi connectivity index (χ1n) is 10.6. The number of carbonyl (C=O) groups is 2. The van der Waals surface area contributed by atoms with Gasteiger partial charge in [-0.1, -0.05) is 6.92 Å². The summed E-state index contributed by atoms with van der Waals surface area (Å²) in [7, 11) is -3.18. The summed E-state index contributed by atoms with van der Waals surface area (Å²) in [5.74, 6) is 0.00463. The summed E-state index contributed by atoms with van der Waals surface area (Å²) in [5.41, 5.74) is 1.66. The number of carbonyl (C=O) groups excluding carboxylic acids is 2. The highest BCUT2D eigenvalue weighted by Gasteiger charge is 2.21. The third-order valence-corrected chi connectivity index (χ3v) is 7.88. The van der Waals surface area contributed by atoms with Gasteiger partial charge in [0.1, 0.15) is 0 Å². The summed E-state index contributed by atoms with van der Waals surface area (Å²) in [4.78, 5) is 26.6. The molecule has 0 bridgehead atoms. The van der Waals surface area contributed by atoms with Gasteiger partial charge in [0, 0.05) is 48.7 Å². The predicted octanol–water partition coefficient (Wildman–Crippen LogP) is 2.84. The van der Waals surface area contributed by atoms with Crippen molar-refractivity contribution in [1.82, 2.24) is 10.6 Å². The van der Waals surface area contributed by atoms with Crippen LogP contribution in [-0.4, -0.2) is 51.7 Å². The van der Waals surface area contributed by atoms with Crippen molar-refractivity contribution >= 4 is 38.7 Å². The Labute approximate surface area is 187 Å². The molecule has 1 saturated heterocycles. The molecule has 2 amide bonds. The number of benzene rings is 1. The van der Waals surface area contributed by atoms with E-state index < -0.39 is 9.84 Å². The van der Waals surface area contributed by atoms with Crippen molar-refractivity contribution < 1.29 is 18.0 Å². The fourth-order valence-electron chi connectivity index (χ4n) is 3.56. The van der Waals surface area contributed by atoms with Crippen LogP contribution < -0.4 is 15.5 Å². The van der Waals surface area contributed by atoms with E-state index in [0.29, 0.717) is 29.8 Å². The van der Waals surface area contributed by atoms with E-state index in [9.17, 15) is 18.0 Å². The molecular formula is C22H29N3O4S2. The summed E-state index contributed by atoms with van der Waals surface area (Å²) in [6, 6.07) is 8.96. The lowest BCUT2D eigenvalue weighted by molar-refractivity contribution is -0.122. The fourth-order valence-corrected chi connectivity index (χ4v) is 5.08. The lowest BCUT2D eigenvalue weighted by Crippen LogP contribution is -2.44. The van der Waals surface area contributed by atoms with Gasteiger partial charge in [0.25, 0.3) is 5.91 Å².